The zero-order chi connectivity index (χ0) is 11.8. The van der Waals surface area contributed by atoms with E-state index in [1.165, 1.54) is 33.4 Å². The Hall–Kier alpha value is -1.82. The number of hydrogen-bond acceptors (Lipinski definition) is 0. The molecule has 0 aromatic heterocycles. The fourth-order valence-electron chi connectivity index (χ4n) is 2.82. The summed E-state index contributed by atoms with van der Waals surface area (Å²) in [6.45, 7) is 4.36. The van der Waals surface area contributed by atoms with Crippen LogP contribution in [0.15, 0.2) is 48.5 Å². The van der Waals surface area contributed by atoms with E-state index in [-0.39, 0.29) is 7.43 Å². The molecule has 0 fully saturated rings. The molecule has 92 valence electrons. The average molecular weight is 236 g/mol. The van der Waals surface area contributed by atoms with E-state index >= 15 is 0 Å². The molecule has 0 amide bonds. The lowest BCUT2D eigenvalue weighted by atomic mass is 9.97. The second-order valence-corrected chi connectivity index (χ2v) is 4.44. The van der Waals surface area contributed by atoms with Crippen LogP contribution in [0.1, 0.15) is 38.0 Å². The molecule has 1 aliphatic rings. The molecule has 1 aliphatic carbocycles. The van der Waals surface area contributed by atoms with Crippen molar-refractivity contribution in [3.05, 3.63) is 65.2 Å². The van der Waals surface area contributed by atoms with Crippen molar-refractivity contribution in [1.82, 2.24) is 0 Å². The van der Waals surface area contributed by atoms with Crippen LogP contribution in [0.5, 0.6) is 0 Å². The number of aryl methyl sites for hydroxylation is 1. The minimum absolute atomic E-state index is 0. The smallest absolute Gasteiger partial charge is 0.00703 e. The molecule has 18 heavy (non-hydrogen) atoms. The molecular weight excluding hydrogens is 216 g/mol. The van der Waals surface area contributed by atoms with Crippen molar-refractivity contribution in [2.75, 3.05) is 0 Å². The van der Waals surface area contributed by atoms with Crippen molar-refractivity contribution < 1.29 is 0 Å². The lowest BCUT2D eigenvalue weighted by molar-refractivity contribution is 1.13. The van der Waals surface area contributed by atoms with E-state index < -0.39 is 0 Å². The van der Waals surface area contributed by atoms with Gasteiger partial charge in [0.15, 0.2) is 0 Å². The third kappa shape index (κ3) is 1.60. The van der Waals surface area contributed by atoms with Crippen LogP contribution in [-0.2, 0) is 6.42 Å². The van der Waals surface area contributed by atoms with Gasteiger partial charge in [-0.2, -0.15) is 0 Å². The highest BCUT2D eigenvalue weighted by atomic mass is 14.3. The van der Waals surface area contributed by atoms with E-state index in [1.807, 2.05) is 0 Å². The fraction of sp³-hybridized carbons (Fsp3) is 0.222. The Bertz CT molecular complexity index is 603. The maximum atomic E-state index is 2.24. The first-order valence-electron chi connectivity index (χ1n) is 6.25. The van der Waals surface area contributed by atoms with Gasteiger partial charge in [0.2, 0.25) is 0 Å². The van der Waals surface area contributed by atoms with Gasteiger partial charge in [-0.15, -0.1) is 0 Å². The van der Waals surface area contributed by atoms with Crippen LogP contribution in [-0.4, -0.2) is 0 Å². The highest BCUT2D eigenvalue weighted by molar-refractivity contribution is 6.02. The minimum atomic E-state index is 0. The van der Waals surface area contributed by atoms with Crippen LogP contribution in [0, 0.1) is 0 Å². The summed E-state index contributed by atoms with van der Waals surface area (Å²) >= 11 is 0. The number of hydrogen-bond donors (Lipinski definition) is 0. The van der Waals surface area contributed by atoms with Gasteiger partial charge < -0.3 is 0 Å². The summed E-state index contributed by atoms with van der Waals surface area (Å²) in [6, 6.07) is 15.4. The van der Waals surface area contributed by atoms with Crippen LogP contribution in [0.3, 0.4) is 0 Å². The van der Waals surface area contributed by atoms with Crippen LogP contribution in [0.4, 0.5) is 0 Å². The Kier molecular flexibility index (Phi) is 3.38. The molecule has 0 spiro atoms. The minimum Gasteiger partial charge on any atom is -0.0791 e. The molecule has 0 bridgehead atoms. The van der Waals surface area contributed by atoms with E-state index in [0.717, 1.165) is 6.42 Å². The summed E-state index contributed by atoms with van der Waals surface area (Å²) in [5.74, 6) is 0. The van der Waals surface area contributed by atoms with Gasteiger partial charge in [-0.3, -0.25) is 0 Å². The zero-order valence-corrected chi connectivity index (χ0v) is 10.3. The van der Waals surface area contributed by atoms with Gasteiger partial charge in [0.05, 0.1) is 0 Å². The molecule has 0 heterocycles. The van der Waals surface area contributed by atoms with Crippen molar-refractivity contribution >= 4 is 5.57 Å². The van der Waals surface area contributed by atoms with Gasteiger partial charge in [-0.05, 0) is 46.7 Å². The van der Waals surface area contributed by atoms with E-state index in [0.29, 0.717) is 0 Å². The Morgan fingerprint density at radius 1 is 0.889 bits per heavy atom. The average Bonchev–Trinajstić information content (AvgIpc) is 2.72. The van der Waals surface area contributed by atoms with Gasteiger partial charge >= 0.3 is 0 Å². The summed E-state index contributed by atoms with van der Waals surface area (Å²) in [5, 5.41) is 0. The summed E-state index contributed by atoms with van der Waals surface area (Å²) < 4.78 is 0. The lowest BCUT2D eigenvalue weighted by Crippen LogP contribution is -1.89. The molecule has 2 aromatic rings. The first-order valence-corrected chi connectivity index (χ1v) is 6.25. The predicted octanol–water partition coefficient (Wildman–Crippen LogP) is 5.32. The number of benzene rings is 2. The van der Waals surface area contributed by atoms with E-state index in [1.54, 1.807) is 0 Å². The van der Waals surface area contributed by atoms with E-state index in [4.69, 9.17) is 0 Å². The standard InChI is InChI=1S/C17H16.CH4/c1-3-12-8-7-11-16-15-10-6-5-9-14(15)13(4-2)17(12)16;/h4-11H,3H2,1-2H3;1H4/b13-4-;. The predicted molar refractivity (Wildman–Crippen MR) is 80.7 cm³/mol. The second-order valence-electron chi connectivity index (χ2n) is 4.44. The van der Waals surface area contributed by atoms with Crippen molar-refractivity contribution in [3.63, 3.8) is 0 Å². The highest BCUT2D eigenvalue weighted by Crippen LogP contribution is 2.45. The van der Waals surface area contributed by atoms with Crippen LogP contribution in [0.2, 0.25) is 0 Å². The summed E-state index contributed by atoms with van der Waals surface area (Å²) in [7, 11) is 0. The largest absolute Gasteiger partial charge is 0.0791 e. The van der Waals surface area contributed by atoms with Crippen molar-refractivity contribution in [2.24, 2.45) is 0 Å². The number of allylic oxidation sites excluding steroid dienone is 1. The summed E-state index contributed by atoms with van der Waals surface area (Å²) in [4.78, 5) is 0. The van der Waals surface area contributed by atoms with Gasteiger partial charge in [-0.1, -0.05) is 62.9 Å². The maximum absolute atomic E-state index is 2.24. The molecular formula is C18H20. The Morgan fingerprint density at radius 3 is 2.22 bits per heavy atom. The van der Waals surface area contributed by atoms with Crippen LogP contribution in [0.25, 0.3) is 16.7 Å². The van der Waals surface area contributed by atoms with Crippen LogP contribution < -0.4 is 0 Å². The van der Waals surface area contributed by atoms with Crippen molar-refractivity contribution in [2.45, 2.75) is 27.7 Å². The normalized spacial score (nSPS) is 14.0. The number of fused-ring (bicyclic) bond motifs is 3. The highest BCUT2D eigenvalue weighted by Gasteiger charge is 2.23. The monoisotopic (exact) mass is 236 g/mol. The fourth-order valence-corrected chi connectivity index (χ4v) is 2.82. The molecule has 0 N–H and O–H groups in total. The molecule has 0 aliphatic heterocycles. The zero-order valence-electron chi connectivity index (χ0n) is 10.3. The molecule has 0 nitrogen and oxygen atoms in total. The lowest BCUT2D eigenvalue weighted by Gasteiger charge is -2.07. The van der Waals surface area contributed by atoms with Gasteiger partial charge in [0.1, 0.15) is 0 Å². The van der Waals surface area contributed by atoms with Crippen molar-refractivity contribution in [1.29, 1.82) is 0 Å². The van der Waals surface area contributed by atoms with Gasteiger partial charge in [0.25, 0.3) is 0 Å². The SMILES string of the molecule is C.C/C=C1/c2ccccc2-c2cccc(CC)c21. The van der Waals surface area contributed by atoms with Crippen molar-refractivity contribution in [3.8, 4) is 11.1 Å². The third-order valence-corrected chi connectivity index (χ3v) is 3.60. The molecule has 0 unspecified atom stereocenters. The Labute approximate surface area is 110 Å². The molecule has 0 heteroatoms. The molecule has 0 radical (unpaired) electrons. The van der Waals surface area contributed by atoms with E-state index in [9.17, 15) is 0 Å². The quantitative estimate of drug-likeness (QED) is 0.536. The van der Waals surface area contributed by atoms with Gasteiger partial charge in [-0.25, -0.2) is 0 Å². The Morgan fingerprint density at radius 2 is 1.56 bits per heavy atom. The summed E-state index contributed by atoms with van der Waals surface area (Å²) in [5.41, 5.74) is 8.45. The molecule has 0 saturated heterocycles. The number of rotatable bonds is 1. The third-order valence-electron chi connectivity index (χ3n) is 3.60. The molecule has 0 saturated carbocycles. The molecule has 0 atom stereocenters. The maximum Gasteiger partial charge on any atom is -0.00703 e. The van der Waals surface area contributed by atoms with E-state index in [2.05, 4.69) is 62.4 Å². The second kappa shape index (κ2) is 4.81. The first kappa shape index (κ1) is 12.6. The first-order chi connectivity index (χ1) is 8.36. The van der Waals surface area contributed by atoms with Gasteiger partial charge in [0, 0.05) is 0 Å². The molecule has 3 rings (SSSR count). The summed E-state index contributed by atoms with van der Waals surface area (Å²) in [6.07, 6.45) is 3.33. The molecule has 2 aromatic carbocycles. The Balaban J connectivity index is 0.00000120. The van der Waals surface area contributed by atoms with Crippen LogP contribution >= 0.6 is 0 Å². The topological polar surface area (TPSA) is 0 Å².